The van der Waals surface area contributed by atoms with Gasteiger partial charge in [0.2, 0.25) is 11.9 Å². The molecule has 0 bridgehead atoms. The number of halogens is 3. The Bertz CT molecular complexity index is 1520. The number of rotatable bonds is 7. The molecule has 1 heterocycles. The second kappa shape index (κ2) is 14.2. The van der Waals surface area contributed by atoms with E-state index in [0.29, 0.717) is 5.95 Å². The molecule has 11 heteroatoms. The predicted octanol–water partition coefficient (Wildman–Crippen LogP) is 6.31. The molecule has 1 saturated carbocycles. The van der Waals surface area contributed by atoms with Crippen molar-refractivity contribution in [2.75, 3.05) is 24.3 Å². The number of carboxylic acid groups (broad SMARTS) is 1. The summed E-state index contributed by atoms with van der Waals surface area (Å²) in [5, 5.41) is 15.1. The van der Waals surface area contributed by atoms with Gasteiger partial charge in [0.15, 0.2) is 0 Å². The van der Waals surface area contributed by atoms with Crippen LogP contribution < -0.4 is 15.5 Å². The molecular formula is C33H36F3N5O3. The maximum Gasteiger partial charge on any atom is 0.490 e. The quantitative estimate of drug-likeness (QED) is 0.226. The Kier molecular flexibility index (Phi) is 10.4. The summed E-state index contributed by atoms with van der Waals surface area (Å²) in [4.78, 5) is 34.0. The minimum Gasteiger partial charge on any atom is -0.475 e. The van der Waals surface area contributed by atoms with Crippen LogP contribution in [0, 0.1) is 6.92 Å². The molecule has 4 aromatic rings. The Morgan fingerprint density at radius 3 is 1.89 bits per heavy atom. The highest BCUT2D eigenvalue weighted by Crippen LogP contribution is 2.29. The highest BCUT2D eigenvalue weighted by molar-refractivity contribution is 5.91. The highest BCUT2D eigenvalue weighted by Gasteiger charge is 2.38. The first-order valence-electron chi connectivity index (χ1n) is 14.3. The molecule has 0 radical (unpaired) electrons. The molecule has 0 unspecified atom stereocenters. The van der Waals surface area contributed by atoms with Gasteiger partial charge in [-0.2, -0.15) is 18.2 Å². The fraction of sp³-hybridized carbons (Fsp3) is 0.333. The van der Waals surface area contributed by atoms with Crippen molar-refractivity contribution in [1.29, 1.82) is 0 Å². The van der Waals surface area contributed by atoms with Crippen LogP contribution >= 0.6 is 0 Å². The summed E-state index contributed by atoms with van der Waals surface area (Å²) in [6, 6.07) is 26.8. The number of nitrogens with one attached hydrogen (secondary N) is 2. The summed E-state index contributed by atoms with van der Waals surface area (Å²) in [6.45, 7) is 2.09. The van der Waals surface area contributed by atoms with Gasteiger partial charge in [0.25, 0.3) is 0 Å². The number of aromatic nitrogens is 2. The first-order chi connectivity index (χ1) is 20.9. The number of anilines is 2. The van der Waals surface area contributed by atoms with Gasteiger partial charge in [0.1, 0.15) is 5.82 Å². The number of alkyl halides is 3. The monoisotopic (exact) mass is 607 g/mol. The van der Waals surface area contributed by atoms with Gasteiger partial charge in [-0.3, -0.25) is 4.79 Å². The molecule has 3 N–H and O–H groups in total. The lowest BCUT2D eigenvalue weighted by molar-refractivity contribution is -0.192. The van der Waals surface area contributed by atoms with E-state index in [0.717, 1.165) is 53.5 Å². The SMILES string of the molecule is Cc1ccc2nc(N[C@H]3CC[C@@H](NC(=O)C(c4ccccc4)c4ccccc4)CC3)nc(N(C)C)c2c1.O=C(O)C(F)(F)F. The van der Waals surface area contributed by atoms with E-state index in [1.807, 2.05) is 79.7 Å². The van der Waals surface area contributed by atoms with Crippen molar-refractivity contribution < 1.29 is 27.9 Å². The Labute approximate surface area is 254 Å². The van der Waals surface area contributed by atoms with Gasteiger partial charge in [0, 0.05) is 31.6 Å². The van der Waals surface area contributed by atoms with Crippen LogP contribution in [0.5, 0.6) is 0 Å². The van der Waals surface area contributed by atoms with Crippen LogP contribution in [0.4, 0.5) is 24.9 Å². The van der Waals surface area contributed by atoms with Crippen molar-refractivity contribution in [3.63, 3.8) is 0 Å². The van der Waals surface area contributed by atoms with Crippen LogP contribution in [0.25, 0.3) is 10.9 Å². The molecule has 232 valence electrons. The third-order valence-corrected chi connectivity index (χ3v) is 7.43. The van der Waals surface area contributed by atoms with E-state index < -0.39 is 12.1 Å². The molecule has 44 heavy (non-hydrogen) atoms. The second-order valence-corrected chi connectivity index (χ2v) is 11.0. The number of carbonyl (C=O) groups is 2. The number of hydrogen-bond donors (Lipinski definition) is 3. The highest BCUT2D eigenvalue weighted by atomic mass is 19.4. The van der Waals surface area contributed by atoms with Gasteiger partial charge in [-0.15, -0.1) is 0 Å². The van der Waals surface area contributed by atoms with Gasteiger partial charge in [-0.1, -0.05) is 72.3 Å². The molecule has 8 nitrogen and oxygen atoms in total. The van der Waals surface area contributed by atoms with E-state index in [4.69, 9.17) is 19.9 Å². The minimum atomic E-state index is -5.08. The summed E-state index contributed by atoms with van der Waals surface area (Å²) in [7, 11) is 4.03. The summed E-state index contributed by atoms with van der Waals surface area (Å²) in [5.41, 5.74) is 4.17. The Hall–Kier alpha value is -4.67. The minimum absolute atomic E-state index is 0.0672. The third-order valence-electron chi connectivity index (χ3n) is 7.43. The average molecular weight is 608 g/mol. The first-order valence-corrected chi connectivity index (χ1v) is 14.3. The maximum absolute atomic E-state index is 13.5. The summed E-state index contributed by atoms with van der Waals surface area (Å²) in [5.74, 6) is -1.41. The van der Waals surface area contributed by atoms with Crippen molar-refractivity contribution in [1.82, 2.24) is 15.3 Å². The van der Waals surface area contributed by atoms with Gasteiger partial charge >= 0.3 is 12.1 Å². The number of nitrogens with zero attached hydrogens (tertiary/aromatic N) is 3. The molecule has 1 amide bonds. The second-order valence-electron chi connectivity index (χ2n) is 11.0. The molecule has 5 rings (SSSR count). The Balaban J connectivity index is 0.000000566. The number of aryl methyl sites for hydroxylation is 1. The molecule has 1 fully saturated rings. The zero-order valence-corrected chi connectivity index (χ0v) is 24.8. The summed E-state index contributed by atoms with van der Waals surface area (Å²) in [6.07, 6.45) is -1.32. The molecule has 0 spiro atoms. The maximum atomic E-state index is 13.5. The van der Waals surface area contributed by atoms with E-state index in [1.54, 1.807) is 0 Å². The number of carbonyl (C=O) groups excluding carboxylic acids is 1. The Morgan fingerprint density at radius 2 is 1.39 bits per heavy atom. The van der Waals surface area contributed by atoms with Crippen LogP contribution in [0.2, 0.25) is 0 Å². The molecule has 3 aromatic carbocycles. The number of benzene rings is 3. The van der Waals surface area contributed by atoms with Crippen LogP contribution in [0.3, 0.4) is 0 Å². The third kappa shape index (κ3) is 8.46. The summed E-state index contributed by atoms with van der Waals surface area (Å²) >= 11 is 0. The van der Waals surface area contributed by atoms with Crippen molar-refractivity contribution in [2.24, 2.45) is 0 Å². The fourth-order valence-electron chi connectivity index (χ4n) is 5.27. The molecule has 0 aliphatic heterocycles. The topological polar surface area (TPSA) is 107 Å². The zero-order chi connectivity index (χ0) is 31.9. The van der Waals surface area contributed by atoms with E-state index in [2.05, 4.69) is 35.8 Å². The van der Waals surface area contributed by atoms with Gasteiger partial charge in [-0.25, -0.2) is 9.78 Å². The number of fused-ring (bicyclic) bond motifs is 1. The van der Waals surface area contributed by atoms with Gasteiger partial charge in [-0.05, 0) is 55.9 Å². The van der Waals surface area contributed by atoms with Crippen molar-refractivity contribution in [3.8, 4) is 0 Å². The first kappa shape index (κ1) is 32.2. The van der Waals surface area contributed by atoms with E-state index in [1.165, 1.54) is 5.56 Å². The number of hydrogen-bond acceptors (Lipinski definition) is 6. The van der Waals surface area contributed by atoms with Crippen LogP contribution in [-0.2, 0) is 9.59 Å². The number of carboxylic acids is 1. The lowest BCUT2D eigenvalue weighted by Crippen LogP contribution is -2.42. The largest absolute Gasteiger partial charge is 0.490 e. The van der Waals surface area contributed by atoms with Crippen LogP contribution in [0.15, 0.2) is 78.9 Å². The lowest BCUT2D eigenvalue weighted by Gasteiger charge is -2.31. The van der Waals surface area contributed by atoms with Crippen molar-refractivity contribution >= 4 is 34.5 Å². The number of aliphatic carboxylic acids is 1. The molecule has 1 aliphatic rings. The molecule has 0 saturated heterocycles. The molecule has 0 atom stereocenters. The average Bonchev–Trinajstić information content (AvgIpc) is 2.99. The predicted molar refractivity (Wildman–Crippen MR) is 165 cm³/mol. The van der Waals surface area contributed by atoms with E-state index in [9.17, 15) is 18.0 Å². The molecular weight excluding hydrogens is 571 g/mol. The van der Waals surface area contributed by atoms with Crippen molar-refractivity contribution in [2.45, 2.75) is 56.8 Å². The van der Waals surface area contributed by atoms with Gasteiger partial charge in [0.05, 0.1) is 11.4 Å². The normalized spacial score (nSPS) is 16.5. The van der Waals surface area contributed by atoms with Gasteiger partial charge < -0.3 is 20.6 Å². The van der Waals surface area contributed by atoms with E-state index >= 15 is 0 Å². The van der Waals surface area contributed by atoms with E-state index in [-0.39, 0.29) is 23.9 Å². The molecule has 1 aliphatic carbocycles. The zero-order valence-electron chi connectivity index (χ0n) is 24.8. The smallest absolute Gasteiger partial charge is 0.475 e. The van der Waals surface area contributed by atoms with Crippen LogP contribution in [0.1, 0.15) is 48.3 Å². The van der Waals surface area contributed by atoms with Crippen molar-refractivity contribution in [3.05, 3.63) is 95.6 Å². The number of amides is 1. The summed E-state index contributed by atoms with van der Waals surface area (Å²) < 4.78 is 31.7. The Morgan fingerprint density at radius 1 is 0.864 bits per heavy atom. The fourth-order valence-corrected chi connectivity index (χ4v) is 5.27. The molecule has 1 aromatic heterocycles. The standard InChI is InChI=1S/C31H35N5O.C2HF3O2/c1-21-14-19-27-26(20-21)29(36(2)3)35-31(34-27)33-25-17-15-24(16-18-25)32-30(37)28(22-10-6-4-7-11-22)23-12-8-5-9-13-23;3-2(4,5)1(6)7/h4-14,19-20,24-25,28H,15-18H2,1-3H3,(H,32,37)(H,33,34,35);(H,6,7)/t24-,25+;. The lowest BCUT2D eigenvalue weighted by atomic mass is 9.88. The van der Waals surface area contributed by atoms with Crippen LogP contribution in [-0.4, -0.2) is 59.3 Å².